The molecule has 7 nitrogen and oxygen atoms in total. The van der Waals surface area contributed by atoms with Crippen LogP contribution in [0.1, 0.15) is 33.6 Å². The Labute approximate surface area is 188 Å². The van der Waals surface area contributed by atoms with Crippen LogP contribution in [0.5, 0.6) is 11.5 Å². The molecule has 0 aromatic heterocycles. The summed E-state index contributed by atoms with van der Waals surface area (Å²) >= 11 is 0. The fourth-order valence-corrected chi connectivity index (χ4v) is 4.15. The lowest BCUT2D eigenvalue weighted by Crippen LogP contribution is -2.40. The first kappa shape index (κ1) is 22.1. The average Bonchev–Trinajstić information content (AvgIpc) is 2.87. The van der Waals surface area contributed by atoms with Crippen LogP contribution in [0.15, 0.2) is 48.5 Å². The summed E-state index contributed by atoms with van der Waals surface area (Å²) in [6.45, 7) is 4.47. The Hall–Kier alpha value is -3.06. The lowest BCUT2D eigenvalue weighted by molar-refractivity contribution is 0.0303. The van der Waals surface area contributed by atoms with Crippen molar-refractivity contribution < 1.29 is 23.8 Å². The number of nitrogens with zero attached hydrogens (tertiary/aromatic N) is 2. The predicted octanol–water partition coefficient (Wildman–Crippen LogP) is 3.10. The van der Waals surface area contributed by atoms with E-state index in [1.54, 1.807) is 7.11 Å². The number of carbonyl (C=O) groups excluding carboxylic acids is 2. The number of benzene rings is 2. The number of amides is 2. The van der Waals surface area contributed by atoms with Gasteiger partial charge in [-0.2, -0.15) is 0 Å². The van der Waals surface area contributed by atoms with Gasteiger partial charge in [-0.25, -0.2) is 0 Å². The van der Waals surface area contributed by atoms with Crippen molar-refractivity contribution in [3.8, 4) is 11.5 Å². The first-order valence-corrected chi connectivity index (χ1v) is 11.2. The molecule has 0 unspecified atom stereocenters. The molecule has 2 amide bonds. The van der Waals surface area contributed by atoms with Gasteiger partial charge in [-0.15, -0.1) is 0 Å². The van der Waals surface area contributed by atoms with E-state index in [-0.39, 0.29) is 11.8 Å². The second-order valence-electron chi connectivity index (χ2n) is 8.18. The zero-order valence-electron chi connectivity index (χ0n) is 18.5. The summed E-state index contributed by atoms with van der Waals surface area (Å²) in [6, 6.07) is 14.7. The quantitative estimate of drug-likeness (QED) is 0.693. The summed E-state index contributed by atoms with van der Waals surface area (Å²) in [6.07, 6.45) is 1.79. The molecule has 2 aromatic rings. The highest BCUT2D eigenvalue weighted by atomic mass is 16.5. The zero-order chi connectivity index (χ0) is 22.3. The molecule has 2 fully saturated rings. The normalized spacial score (nSPS) is 17.2. The van der Waals surface area contributed by atoms with Gasteiger partial charge in [0, 0.05) is 31.7 Å². The Balaban J connectivity index is 1.24. The molecule has 0 N–H and O–H groups in total. The van der Waals surface area contributed by atoms with Crippen LogP contribution in [0.25, 0.3) is 0 Å². The van der Waals surface area contributed by atoms with Gasteiger partial charge in [-0.1, -0.05) is 12.1 Å². The van der Waals surface area contributed by atoms with Crippen molar-refractivity contribution in [2.75, 3.05) is 53.1 Å². The molecule has 0 saturated carbocycles. The highest BCUT2D eigenvalue weighted by Crippen LogP contribution is 2.24. The van der Waals surface area contributed by atoms with Gasteiger partial charge in [-0.05, 0) is 55.2 Å². The van der Waals surface area contributed by atoms with Gasteiger partial charge in [0.15, 0.2) is 0 Å². The SMILES string of the molecule is COc1ccccc1C(=O)N1CCC(COc2ccc(C(=O)N3CCOCC3)cc2)CC1. The standard InChI is InChI=1S/C25H30N2O5/c1-30-23-5-3-2-4-22(23)25(29)26-12-10-19(11-13-26)18-32-21-8-6-20(7-9-21)24(28)27-14-16-31-17-15-27/h2-9,19H,10-18H2,1H3. The van der Waals surface area contributed by atoms with Crippen LogP contribution in [-0.4, -0.2) is 74.7 Å². The molecule has 0 radical (unpaired) electrons. The van der Waals surface area contributed by atoms with E-state index in [1.807, 2.05) is 58.3 Å². The number of ether oxygens (including phenoxy) is 3. The van der Waals surface area contributed by atoms with E-state index >= 15 is 0 Å². The van der Waals surface area contributed by atoms with E-state index in [0.717, 1.165) is 18.6 Å². The molecule has 2 aromatic carbocycles. The average molecular weight is 439 g/mol. The number of para-hydroxylation sites is 1. The van der Waals surface area contributed by atoms with Crippen LogP contribution in [0.2, 0.25) is 0 Å². The Morgan fingerprint density at radius 2 is 1.56 bits per heavy atom. The summed E-state index contributed by atoms with van der Waals surface area (Å²) in [5, 5.41) is 0. The van der Waals surface area contributed by atoms with E-state index in [4.69, 9.17) is 14.2 Å². The third-order valence-corrected chi connectivity index (χ3v) is 6.12. The molecule has 4 rings (SSSR count). The first-order chi connectivity index (χ1) is 15.7. The van der Waals surface area contributed by atoms with Gasteiger partial charge >= 0.3 is 0 Å². The molecule has 2 saturated heterocycles. The summed E-state index contributed by atoms with van der Waals surface area (Å²) in [4.78, 5) is 29.1. The number of piperidine rings is 1. The van der Waals surface area contributed by atoms with Crippen LogP contribution < -0.4 is 9.47 Å². The number of rotatable bonds is 6. The minimum Gasteiger partial charge on any atom is -0.496 e. The zero-order valence-corrected chi connectivity index (χ0v) is 18.5. The lowest BCUT2D eigenvalue weighted by atomic mass is 9.97. The van der Waals surface area contributed by atoms with Crippen molar-refractivity contribution in [3.05, 3.63) is 59.7 Å². The van der Waals surface area contributed by atoms with Crippen LogP contribution in [-0.2, 0) is 4.74 Å². The topological polar surface area (TPSA) is 68.3 Å². The van der Waals surface area contributed by atoms with Crippen molar-refractivity contribution in [2.24, 2.45) is 5.92 Å². The second kappa shape index (κ2) is 10.5. The van der Waals surface area contributed by atoms with Gasteiger partial charge in [0.05, 0.1) is 32.5 Å². The van der Waals surface area contributed by atoms with E-state index in [1.165, 1.54) is 0 Å². The molecular formula is C25H30N2O5. The Morgan fingerprint density at radius 1 is 0.906 bits per heavy atom. The van der Waals surface area contributed by atoms with Crippen LogP contribution in [0, 0.1) is 5.92 Å². The van der Waals surface area contributed by atoms with Crippen molar-refractivity contribution in [2.45, 2.75) is 12.8 Å². The Morgan fingerprint density at radius 3 is 2.25 bits per heavy atom. The van der Waals surface area contributed by atoms with E-state index in [0.29, 0.717) is 68.8 Å². The van der Waals surface area contributed by atoms with Crippen LogP contribution in [0.4, 0.5) is 0 Å². The number of carbonyl (C=O) groups is 2. The molecule has 32 heavy (non-hydrogen) atoms. The summed E-state index contributed by atoms with van der Waals surface area (Å²) in [5.74, 6) is 1.82. The van der Waals surface area contributed by atoms with E-state index in [2.05, 4.69) is 0 Å². The maximum atomic E-state index is 12.8. The highest BCUT2D eigenvalue weighted by Gasteiger charge is 2.26. The van der Waals surface area contributed by atoms with Gasteiger partial charge in [-0.3, -0.25) is 9.59 Å². The molecule has 2 aliphatic rings. The molecule has 0 atom stereocenters. The first-order valence-electron chi connectivity index (χ1n) is 11.2. The molecule has 7 heteroatoms. The smallest absolute Gasteiger partial charge is 0.257 e. The summed E-state index contributed by atoms with van der Waals surface area (Å²) in [5.41, 5.74) is 1.28. The summed E-state index contributed by atoms with van der Waals surface area (Å²) in [7, 11) is 1.58. The van der Waals surface area contributed by atoms with Gasteiger partial charge < -0.3 is 24.0 Å². The molecule has 170 valence electrons. The Bertz CT molecular complexity index is 916. The fraction of sp³-hybridized carbons (Fsp3) is 0.440. The Kier molecular flexibility index (Phi) is 7.27. The number of likely N-dealkylation sites (tertiary alicyclic amines) is 1. The molecular weight excluding hydrogens is 408 g/mol. The third-order valence-electron chi connectivity index (χ3n) is 6.12. The number of hydrogen-bond donors (Lipinski definition) is 0. The lowest BCUT2D eigenvalue weighted by Gasteiger charge is -2.32. The maximum absolute atomic E-state index is 12.8. The number of methoxy groups -OCH3 is 1. The van der Waals surface area contributed by atoms with Gasteiger partial charge in [0.2, 0.25) is 0 Å². The van der Waals surface area contributed by atoms with Crippen molar-refractivity contribution >= 4 is 11.8 Å². The molecule has 0 aliphatic carbocycles. The van der Waals surface area contributed by atoms with E-state index in [9.17, 15) is 9.59 Å². The largest absolute Gasteiger partial charge is 0.496 e. The van der Waals surface area contributed by atoms with Gasteiger partial charge in [0.25, 0.3) is 11.8 Å². The monoisotopic (exact) mass is 438 g/mol. The van der Waals surface area contributed by atoms with Crippen LogP contribution in [0.3, 0.4) is 0 Å². The van der Waals surface area contributed by atoms with Crippen molar-refractivity contribution in [1.82, 2.24) is 9.80 Å². The van der Waals surface area contributed by atoms with Crippen LogP contribution >= 0.6 is 0 Å². The summed E-state index contributed by atoms with van der Waals surface area (Å²) < 4.78 is 16.6. The highest BCUT2D eigenvalue weighted by molar-refractivity contribution is 5.97. The molecule has 0 spiro atoms. The van der Waals surface area contributed by atoms with E-state index < -0.39 is 0 Å². The number of morpholine rings is 1. The molecule has 2 aliphatic heterocycles. The minimum absolute atomic E-state index is 0.0161. The third kappa shape index (κ3) is 5.22. The molecule has 0 bridgehead atoms. The molecule has 2 heterocycles. The van der Waals surface area contributed by atoms with Gasteiger partial charge in [0.1, 0.15) is 11.5 Å². The fourth-order valence-electron chi connectivity index (χ4n) is 4.15. The van der Waals surface area contributed by atoms with Crippen molar-refractivity contribution in [3.63, 3.8) is 0 Å². The second-order valence-corrected chi connectivity index (χ2v) is 8.18. The minimum atomic E-state index is 0.0161. The number of hydrogen-bond acceptors (Lipinski definition) is 5. The predicted molar refractivity (Wildman–Crippen MR) is 120 cm³/mol. The maximum Gasteiger partial charge on any atom is 0.257 e. The van der Waals surface area contributed by atoms with Crippen molar-refractivity contribution in [1.29, 1.82) is 0 Å².